The SMILES string of the molecule is O=C1NC2C(F)(F)C(COc3cc(ccn3)Nc3cc([nH]n3)[C@H]3CC[C@H](C3)O1)C2(F)F. The van der Waals surface area contributed by atoms with Crippen LogP contribution in [0.2, 0.25) is 0 Å². The maximum absolute atomic E-state index is 14.4. The predicted octanol–water partition coefficient (Wildman–Crippen LogP) is 3.57. The fourth-order valence-electron chi connectivity index (χ4n) is 4.36. The molecule has 0 aromatic carbocycles. The Kier molecular flexibility index (Phi) is 4.48. The van der Waals surface area contributed by atoms with Crippen molar-refractivity contribution in [2.75, 3.05) is 11.9 Å². The highest BCUT2D eigenvalue weighted by Crippen LogP contribution is 2.54. The number of ether oxygens (including phenoxy) is 2. The minimum Gasteiger partial charge on any atom is -0.477 e. The van der Waals surface area contributed by atoms with Crippen molar-refractivity contribution in [2.45, 2.75) is 49.2 Å². The molecular weight excluding hydrogens is 422 g/mol. The van der Waals surface area contributed by atoms with E-state index in [1.807, 2.05) is 6.07 Å². The van der Waals surface area contributed by atoms with Crippen molar-refractivity contribution >= 4 is 17.6 Å². The third-order valence-electron chi connectivity index (χ3n) is 6.06. The highest BCUT2D eigenvalue weighted by atomic mass is 19.3. The number of carbonyl (C=O) groups is 1. The molecule has 2 aromatic heterocycles. The summed E-state index contributed by atoms with van der Waals surface area (Å²) in [4.78, 5) is 15.9. The second-order valence-corrected chi connectivity index (χ2v) is 8.04. The Morgan fingerprint density at radius 2 is 1.94 bits per heavy atom. The molecule has 31 heavy (non-hydrogen) atoms. The summed E-state index contributed by atoms with van der Waals surface area (Å²) in [5.41, 5.74) is 1.33. The summed E-state index contributed by atoms with van der Waals surface area (Å²) in [5, 5.41) is 11.8. The number of nitrogens with one attached hydrogen (secondary N) is 3. The number of H-pyrrole nitrogens is 1. The van der Waals surface area contributed by atoms with Crippen LogP contribution < -0.4 is 15.4 Å². The van der Waals surface area contributed by atoms with Crippen molar-refractivity contribution in [2.24, 2.45) is 5.92 Å². The summed E-state index contributed by atoms with van der Waals surface area (Å²) in [6.45, 7) is -0.972. The van der Waals surface area contributed by atoms with Crippen LogP contribution in [-0.2, 0) is 4.74 Å². The summed E-state index contributed by atoms with van der Waals surface area (Å²) in [6.07, 6.45) is 1.11. The van der Waals surface area contributed by atoms with E-state index in [-0.39, 0.29) is 11.8 Å². The smallest absolute Gasteiger partial charge is 0.408 e. The first kappa shape index (κ1) is 19.9. The maximum Gasteiger partial charge on any atom is 0.408 e. The Balaban J connectivity index is 1.44. The Hall–Kier alpha value is -3.05. The second-order valence-electron chi connectivity index (χ2n) is 8.04. The van der Waals surface area contributed by atoms with Gasteiger partial charge in [0.05, 0.1) is 0 Å². The largest absolute Gasteiger partial charge is 0.477 e. The van der Waals surface area contributed by atoms with E-state index in [2.05, 4.69) is 20.5 Å². The van der Waals surface area contributed by atoms with Crippen molar-refractivity contribution < 1.29 is 31.8 Å². The molecule has 0 radical (unpaired) electrons. The lowest BCUT2D eigenvalue weighted by atomic mass is 9.72. The molecule has 2 saturated carbocycles. The molecule has 2 atom stereocenters. The number of aromatic nitrogens is 3. The van der Waals surface area contributed by atoms with Gasteiger partial charge in [-0.2, -0.15) is 5.10 Å². The van der Waals surface area contributed by atoms with E-state index in [0.29, 0.717) is 30.8 Å². The Morgan fingerprint density at radius 1 is 1.13 bits per heavy atom. The van der Waals surface area contributed by atoms with E-state index in [1.165, 1.54) is 12.3 Å². The molecule has 3 N–H and O–H groups in total. The number of pyridine rings is 1. The summed E-state index contributed by atoms with van der Waals surface area (Å²) in [6, 6.07) is 2.18. The zero-order valence-electron chi connectivity index (χ0n) is 16.1. The van der Waals surface area contributed by atoms with Crippen LogP contribution in [0.1, 0.15) is 30.9 Å². The van der Waals surface area contributed by atoms with E-state index < -0.39 is 42.6 Å². The van der Waals surface area contributed by atoms with Gasteiger partial charge in [0.15, 0.2) is 11.9 Å². The number of anilines is 2. The van der Waals surface area contributed by atoms with Crippen molar-refractivity contribution in [3.63, 3.8) is 0 Å². The van der Waals surface area contributed by atoms with Crippen molar-refractivity contribution in [1.82, 2.24) is 20.5 Å². The van der Waals surface area contributed by atoms with Gasteiger partial charge < -0.3 is 20.1 Å². The Bertz CT molecular complexity index is 984. The molecule has 2 aliphatic heterocycles. The number of amides is 1. The molecule has 0 unspecified atom stereocenters. The number of aromatic amines is 1. The topological polar surface area (TPSA) is 101 Å². The predicted molar refractivity (Wildman–Crippen MR) is 98.8 cm³/mol. The van der Waals surface area contributed by atoms with Gasteiger partial charge in [0.1, 0.15) is 18.6 Å². The zero-order chi connectivity index (χ0) is 21.8. The molecule has 2 aromatic rings. The lowest BCUT2D eigenvalue weighted by Crippen LogP contribution is -2.76. The minimum absolute atomic E-state index is 0.00651. The molecule has 0 spiro atoms. The third-order valence-corrected chi connectivity index (χ3v) is 6.06. The average molecular weight is 441 g/mol. The maximum atomic E-state index is 14.4. The molecule has 0 saturated heterocycles. The quantitative estimate of drug-likeness (QED) is 0.541. The van der Waals surface area contributed by atoms with E-state index in [1.54, 1.807) is 11.4 Å². The average Bonchev–Trinajstić information content (AvgIpc) is 3.35. The summed E-state index contributed by atoms with van der Waals surface area (Å²) < 4.78 is 68.0. The molecular formula is C19H19F4N5O3. The van der Waals surface area contributed by atoms with Crippen LogP contribution in [0.25, 0.3) is 0 Å². The molecule has 4 heterocycles. The highest BCUT2D eigenvalue weighted by Gasteiger charge is 2.77. The fraction of sp³-hybridized carbons (Fsp3) is 0.526. The molecule has 12 heteroatoms. The second kappa shape index (κ2) is 6.99. The minimum atomic E-state index is -3.87. The highest BCUT2D eigenvalue weighted by molar-refractivity contribution is 5.68. The van der Waals surface area contributed by atoms with Crippen LogP contribution >= 0.6 is 0 Å². The lowest BCUT2D eigenvalue weighted by molar-refractivity contribution is -0.313. The first-order valence-corrected chi connectivity index (χ1v) is 9.87. The van der Waals surface area contributed by atoms with E-state index in [0.717, 1.165) is 5.69 Å². The number of fused-ring (bicyclic) bond motifs is 3. The normalized spacial score (nSPS) is 31.0. The third kappa shape index (κ3) is 3.43. The molecule has 4 aliphatic rings. The van der Waals surface area contributed by atoms with Crippen molar-refractivity contribution in [3.05, 3.63) is 30.1 Å². The van der Waals surface area contributed by atoms with Gasteiger partial charge in [0.25, 0.3) is 11.8 Å². The molecule has 6 rings (SSSR count). The standard InChI is InChI=1S/C19H19F4N5O3/c20-18(21)13-8-30-15-6-10(3-4-24-15)25-14-7-12(27-28-14)9-1-2-11(5-9)31-17(29)26-16(18)19(13,22)23/h3-4,6-7,9,11,13,16H,1-2,5,8H2,(H,26,29)(H2,25,27,28)/t9-,11+,13?,16?/m0/s1. The van der Waals surface area contributed by atoms with Crippen LogP contribution in [0, 0.1) is 5.92 Å². The zero-order valence-corrected chi connectivity index (χ0v) is 16.1. The number of hydrogen-bond donors (Lipinski definition) is 3. The molecule has 166 valence electrons. The van der Waals surface area contributed by atoms with Crippen LogP contribution in [0.5, 0.6) is 5.88 Å². The van der Waals surface area contributed by atoms with E-state index >= 15 is 0 Å². The van der Waals surface area contributed by atoms with E-state index in [4.69, 9.17) is 9.47 Å². The first-order valence-electron chi connectivity index (χ1n) is 9.87. The number of alkyl carbamates (subject to hydrolysis) is 1. The van der Waals surface area contributed by atoms with Gasteiger partial charge in [-0.05, 0) is 25.3 Å². The number of rotatable bonds is 0. The lowest BCUT2D eigenvalue weighted by Gasteiger charge is -2.50. The molecule has 8 nitrogen and oxygen atoms in total. The number of alkyl halides is 4. The van der Waals surface area contributed by atoms with Crippen LogP contribution in [0.15, 0.2) is 24.4 Å². The number of hydrogen-bond acceptors (Lipinski definition) is 6. The summed E-state index contributed by atoms with van der Waals surface area (Å²) in [7, 11) is 0. The van der Waals surface area contributed by atoms with Gasteiger partial charge >= 0.3 is 6.09 Å². The number of nitrogens with zero attached hydrogens (tertiary/aromatic N) is 2. The summed E-state index contributed by atoms with van der Waals surface area (Å²) >= 11 is 0. The number of halogens is 4. The van der Waals surface area contributed by atoms with Crippen molar-refractivity contribution in [1.29, 1.82) is 0 Å². The Morgan fingerprint density at radius 3 is 2.74 bits per heavy atom. The summed E-state index contributed by atoms with van der Waals surface area (Å²) in [5.74, 6) is -9.73. The van der Waals surface area contributed by atoms with Gasteiger partial charge in [-0.25, -0.2) is 27.3 Å². The van der Waals surface area contributed by atoms with Crippen molar-refractivity contribution in [3.8, 4) is 5.88 Å². The molecule has 2 aliphatic carbocycles. The van der Waals surface area contributed by atoms with E-state index in [9.17, 15) is 22.4 Å². The van der Waals surface area contributed by atoms with Gasteiger partial charge in [-0.1, -0.05) is 0 Å². The first-order chi connectivity index (χ1) is 14.7. The van der Waals surface area contributed by atoms with Gasteiger partial charge in [-0.3, -0.25) is 5.10 Å². The van der Waals surface area contributed by atoms with Crippen LogP contribution in [0.3, 0.4) is 0 Å². The van der Waals surface area contributed by atoms with Gasteiger partial charge in [0.2, 0.25) is 5.88 Å². The van der Waals surface area contributed by atoms with Gasteiger partial charge in [-0.15, -0.1) is 0 Å². The monoisotopic (exact) mass is 441 g/mol. The van der Waals surface area contributed by atoms with Gasteiger partial charge in [0, 0.05) is 35.6 Å². The number of carbonyl (C=O) groups excluding carboxylic acids is 1. The van der Waals surface area contributed by atoms with Crippen LogP contribution in [-0.4, -0.2) is 51.9 Å². The molecule has 8 bridgehead atoms. The van der Waals surface area contributed by atoms with Crippen LogP contribution in [0.4, 0.5) is 33.9 Å². The fourth-order valence-corrected chi connectivity index (χ4v) is 4.36. The Labute approximate surface area is 173 Å². The molecule has 1 amide bonds. The molecule has 2 fully saturated rings.